The fourth-order valence-electron chi connectivity index (χ4n) is 3.08. The van der Waals surface area contributed by atoms with Crippen molar-refractivity contribution in [2.24, 2.45) is 0 Å². The molecular formula is C17H23N3O3S. The van der Waals surface area contributed by atoms with Crippen LogP contribution in [0.3, 0.4) is 0 Å². The summed E-state index contributed by atoms with van der Waals surface area (Å²) in [6.45, 7) is 3.24. The van der Waals surface area contributed by atoms with Crippen molar-refractivity contribution >= 4 is 17.4 Å². The number of hydrogen-bond acceptors (Lipinski definition) is 5. The van der Waals surface area contributed by atoms with E-state index in [-0.39, 0.29) is 18.1 Å². The van der Waals surface area contributed by atoms with Gasteiger partial charge < -0.3 is 19.4 Å². The van der Waals surface area contributed by atoms with Gasteiger partial charge in [-0.25, -0.2) is 9.78 Å². The Hall–Kier alpha value is -1.86. The third kappa shape index (κ3) is 3.62. The van der Waals surface area contributed by atoms with Gasteiger partial charge in [-0.15, -0.1) is 11.3 Å². The van der Waals surface area contributed by atoms with Gasteiger partial charge in [-0.3, -0.25) is 0 Å². The number of amides is 2. The minimum atomic E-state index is -0.0516. The standard InChI is InChI=1S/C17H23N3O3S/c1-3-13(16-18-8-10-24-16)19-17(21)20-9-4-5-14(20)15-7-6-12(23-15)11-22-2/h6-8,10,13-14H,3-5,9,11H2,1-2H3,(H,19,21)/t13-,14+/m1/s1. The van der Waals surface area contributed by atoms with Crippen molar-refractivity contribution in [2.75, 3.05) is 13.7 Å². The van der Waals surface area contributed by atoms with Crippen molar-refractivity contribution in [3.63, 3.8) is 0 Å². The molecule has 24 heavy (non-hydrogen) atoms. The molecule has 1 fully saturated rings. The number of nitrogens with zero attached hydrogens (tertiary/aromatic N) is 2. The highest BCUT2D eigenvalue weighted by atomic mass is 32.1. The molecule has 3 heterocycles. The van der Waals surface area contributed by atoms with Crippen LogP contribution in [0.4, 0.5) is 4.79 Å². The molecule has 6 nitrogen and oxygen atoms in total. The predicted molar refractivity (Wildman–Crippen MR) is 91.8 cm³/mol. The first-order valence-corrected chi connectivity index (χ1v) is 9.15. The second kappa shape index (κ2) is 7.81. The van der Waals surface area contributed by atoms with Crippen molar-refractivity contribution < 1.29 is 13.9 Å². The largest absolute Gasteiger partial charge is 0.461 e. The summed E-state index contributed by atoms with van der Waals surface area (Å²) in [5.74, 6) is 1.62. The van der Waals surface area contributed by atoms with Crippen molar-refractivity contribution in [1.29, 1.82) is 0 Å². The lowest BCUT2D eigenvalue weighted by Crippen LogP contribution is -2.41. The normalized spacial score (nSPS) is 18.8. The summed E-state index contributed by atoms with van der Waals surface area (Å²) in [6, 6.07) is 3.76. The first kappa shape index (κ1) is 17.0. The summed E-state index contributed by atoms with van der Waals surface area (Å²) in [6.07, 6.45) is 4.48. The van der Waals surface area contributed by atoms with Gasteiger partial charge in [0.15, 0.2) is 0 Å². The van der Waals surface area contributed by atoms with E-state index >= 15 is 0 Å². The zero-order chi connectivity index (χ0) is 16.9. The summed E-state index contributed by atoms with van der Waals surface area (Å²) in [7, 11) is 1.64. The molecule has 2 aromatic heterocycles. The van der Waals surface area contributed by atoms with Crippen LogP contribution in [-0.2, 0) is 11.3 Å². The Kier molecular flexibility index (Phi) is 5.52. The number of carbonyl (C=O) groups excluding carboxylic acids is 1. The topological polar surface area (TPSA) is 67.6 Å². The van der Waals surface area contributed by atoms with Crippen LogP contribution >= 0.6 is 11.3 Å². The lowest BCUT2D eigenvalue weighted by molar-refractivity contribution is 0.155. The minimum Gasteiger partial charge on any atom is -0.461 e. The highest BCUT2D eigenvalue weighted by molar-refractivity contribution is 7.09. The fourth-order valence-corrected chi connectivity index (χ4v) is 3.85. The van der Waals surface area contributed by atoms with E-state index in [4.69, 9.17) is 9.15 Å². The van der Waals surface area contributed by atoms with Crippen molar-refractivity contribution in [3.8, 4) is 0 Å². The molecule has 1 aliphatic heterocycles. The maximum atomic E-state index is 12.8. The molecule has 3 rings (SSSR count). The van der Waals surface area contributed by atoms with E-state index in [0.29, 0.717) is 6.61 Å². The average molecular weight is 349 g/mol. The highest BCUT2D eigenvalue weighted by Crippen LogP contribution is 2.33. The van der Waals surface area contributed by atoms with E-state index in [1.54, 1.807) is 24.6 Å². The van der Waals surface area contributed by atoms with Gasteiger partial charge in [0.25, 0.3) is 0 Å². The lowest BCUT2D eigenvalue weighted by Gasteiger charge is -2.26. The molecule has 7 heteroatoms. The predicted octanol–water partition coefficient (Wildman–Crippen LogP) is 3.88. The van der Waals surface area contributed by atoms with E-state index < -0.39 is 0 Å². The summed E-state index contributed by atoms with van der Waals surface area (Å²) in [4.78, 5) is 18.9. The molecule has 0 radical (unpaired) electrons. The first-order valence-electron chi connectivity index (χ1n) is 8.27. The van der Waals surface area contributed by atoms with Gasteiger partial charge in [0, 0.05) is 25.2 Å². The number of urea groups is 1. The number of nitrogens with one attached hydrogen (secondary N) is 1. The van der Waals surface area contributed by atoms with Crippen LogP contribution in [0.1, 0.15) is 54.8 Å². The molecule has 1 aliphatic rings. The van der Waals surface area contributed by atoms with E-state index in [0.717, 1.165) is 42.3 Å². The third-order valence-electron chi connectivity index (χ3n) is 4.27. The molecule has 2 aromatic rings. The number of thiazole rings is 1. The molecule has 2 atom stereocenters. The van der Waals surface area contributed by atoms with Crippen LogP contribution in [0.25, 0.3) is 0 Å². The Morgan fingerprint density at radius 3 is 3.17 bits per heavy atom. The van der Waals surface area contributed by atoms with Gasteiger partial charge in [0.05, 0.1) is 12.1 Å². The molecule has 1 saturated heterocycles. The molecule has 0 saturated carbocycles. The zero-order valence-electron chi connectivity index (χ0n) is 14.0. The second-order valence-electron chi connectivity index (χ2n) is 5.87. The van der Waals surface area contributed by atoms with E-state index in [1.165, 1.54) is 0 Å². The van der Waals surface area contributed by atoms with Crippen LogP contribution in [0, 0.1) is 0 Å². The third-order valence-corrected chi connectivity index (χ3v) is 5.16. The maximum Gasteiger partial charge on any atom is 0.318 e. The van der Waals surface area contributed by atoms with Crippen LogP contribution in [0.15, 0.2) is 28.1 Å². The Morgan fingerprint density at radius 2 is 2.46 bits per heavy atom. The molecule has 0 aliphatic carbocycles. The summed E-state index contributed by atoms with van der Waals surface area (Å²) in [5, 5.41) is 5.99. The van der Waals surface area contributed by atoms with Crippen LogP contribution < -0.4 is 5.32 Å². The quantitative estimate of drug-likeness (QED) is 0.859. The zero-order valence-corrected chi connectivity index (χ0v) is 14.8. The van der Waals surface area contributed by atoms with Crippen LogP contribution in [-0.4, -0.2) is 29.6 Å². The van der Waals surface area contributed by atoms with Gasteiger partial charge >= 0.3 is 6.03 Å². The summed E-state index contributed by atoms with van der Waals surface area (Å²) in [5.41, 5.74) is 0. The Morgan fingerprint density at radius 1 is 1.58 bits per heavy atom. The molecule has 2 amide bonds. The Bertz CT molecular complexity index is 656. The molecule has 130 valence electrons. The van der Waals surface area contributed by atoms with E-state index in [1.807, 2.05) is 22.4 Å². The lowest BCUT2D eigenvalue weighted by atomic mass is 10.1. The number of carbonyl (C=O) groups is 1. The molecule has 0 bridgehead atoms. The second-order valence-corrected chi connectivity index (χ2v) is 6.80. The molecular weight excluding hydrogens is 326 g/mol. The van der Waals surface area contributed by atoms with Gasteiger partial charge in [-0.05, 0) is 31.4 Å². The minimum absolute atomic E-state index is 0.00981. The number of aromatic nitrogens is 1. The van der Waals surface area contributed by atoms with Crippen molar-refractivity contribution in [3.05, 3.63) is 40.2 Å². The average Bonchev–Trinajstić information content (AvgIpc) is 3.31. The number of rotatable bonds is 6. The van der Waals surface area contributed by atoms with Gasteiger partial charge in [0.2, 0.25) is 0 Å². The highest BCUT2D eigenvalue weighted by Gasteiger charge is 2.33. The monoisotopic (exact) mass is 349 g/mol. The Labute approximate surface area is 145 Å². The van der Waals surface area contributed by atoms with Crippen molar-refractivity contribution in [2.45, 2.75) is 44.9 Å². The fraction of sp³-hybridized carbons (Fsp3) is 0.529. The SMILES string of the molecule is CC[C@@H](NC(=O)N1CCC[C@H]1c1ccc(COC)o1)c1nccs1. The van der Waals surface area contributed by atoms with Gasteiger partial charge in [-0.2, -0.15) is 0 Å². The number of ether oxygens (including phenoxy) is 1. The first-order chi connectivity index (χ1) is 11.7. The smallest absolute Gasteiger partial charge is 0.318 e. The van der Waals surface area contributed by atoms with E-state index in [9.17, 15) is 4.79 Å². The Balaban J connectivity index is 1.68. The molecule has 0 spiro atoms. The number of hydrogen-bond donors (Lipinski definition) is 1. The summed E-state index contributed by atoms with van der Waals surface area (Å²) >= 11 is 1.57. The summed E-state index contributed by atoms with van der Waals surface area (Å²) < 4.78 is 10.9. The van der Waals surface area contributed by atoms with Crippen molar-refractivity contribution in [1.82, 2.24) is 15.2 Å². The van der Waals surface area contributed by atoms with Gasteiger partial charge in [0.1, 0.15) is 23.1 Å². The number of likely N-dealkylation sites (tertiary alicyclic amines) is 1. The molecule has 1 N–H and O–H groups in total. The molecule has 0 unspecified atom stereocenters. The van der Waals surface area contributed by atoms with Crippen LogP contribution in [0.2, 0.25) is 0 Å². The van der Waals surface area contributed by atoms with Crippen LogP contribution in [0.5, 0.6) is 0 Å². The number of furan rings is 1. The van der Waals surface area contributed by atoms with Gasteiger partial charge in [-0.1, -0.05) is 6.92 Å². The maximum absolute atomic E-state index is 12.8. The molecule has 0 aromatic carbocycles. The number of methoxy groups -OCH3 is 1. The van der Waals surface area contributed by atoms with E-state index in [2.05, 4.69) is 17.2 Å².